The number of benzene rings is 7. The predicted octanol–water partition coefficient (Wildman–Crippen LogP) is 11.3. The molecule has 0 saturated carbocycles. The molecule has 9 aromatic rings. The molecule has 0 unspecified atom stereocenters. The Morgan fingerprint density at radius 3 is 1.63 bits per heavy atom. The van der Waals surface area contributed by atoms with E-state index in [4.69, 9.17) is 8.83 Å². The van der Waals surface area contributed by atoms with Gasteiger partial charge in [0, 0.05) is 44.7 Å². The number of rotatable bonds is 3. The highest BCUT2D eigenvalue weighted by Gasteiger charge is 2.16. The fourth-order valence-corrected chi connectivity index (χ4v) is 6.29. The standard InChI is InChI=1S/C38H23NO2/c1-2-8-26(9-3-1)39(28-17-19-32-30-10-4-6-12-35(30)40-37(32)22-28)27-16-18-29-24(20-27)14-15-25-21-34-31-11-5-7-13-36(31)41-38(34)23-33(25)29/h1-23H. The lowest BCUT2D eigenvalue weighted by molar-refractivity contribution is 0.669. The van der Waals surface area contributed by atoms with Crippen molar-refractivity contribution in [1.29, 1.82) is 0 Å². The fourth-order valence-electron chi connectivity index (χ4n) is 6.29. The molecule has 0 radical (unpaired) electrons. The molecule has 41 heavy (non-hydrogen) atoms. The first-order valence-electron chi connectivity index (χ1n) is 13.8. The number of fused-ring (bicyclic) bond motifs is 9. The Balaban J connectivity index is 1.23. The van der Waals surface area contributed by atoms with Gasteiger partial charge in [-0.1, -0.05) is 72.8 Å². The van der Waals surface area contributed by atoms with E-state index in [1.165, 1.54) is 21.5 Å². The van der Waals surface area contributed by atoms with Crippen molar-refractivity contribution in [2.45, 2.75) is 0 Å². The van der Waals surface area contributed by atoms with Crippen LogP contribution in [0.3, 0.4) is 0 Å². The SMILES string of the molecule is c1ccc(N(c2ccc3c(ccc4cc5c(cc43)oc3ccccc35)c2)c2ccc3c(c2)oc2ccccc23)cc1. The minimum atomic E-state index is 0.881. The van der Waals surface area contributed by atoms with Gasteiger partial charge in [-0.3, -0.25) is 0 Å². The Morgan fingerprint density at radius 2 is 0.878 bits per heavy atom. The lowest BCUT2D eigenvalue weighted by atomic mass is 9.99. The molecule has 0 aliphatic heterocycles. The average Bonchev–Trinajstić information content (AvgIpc) is 3.58. The third-order valence-electron chi connectivity index (χ3n) is 8.21. The Kier molecular flexibility index (Phi) is 4.61. The van der Waals surface area contributed by atoms with E-state index in [0.29, 0.717) is 0 Å². The molecule has 2 heterocycles. The zero-order chi connectivity index (χ0) is 26.9. The van der Waals surface area contributed by atoms with Crippen LogP contribution in [0, 0.1) is 0 Å². The van der Waals surface area contributed by atoms with Gasteiger partial charge in [-0.25, -0.2) is 0 Å². The Labute approximate surface area is 235 Å². The first-order chi connectivity index (χ1) is 20.3. The smallest absolute Gasteiger partial charge is 0.137 e. The number of hydrogen-bond acceptors (Lipinski definition) is 3. The Bertz CT molecular complexity index is 2430. The van der Waals surface area contributed by atoms with Crippen LogP contribution in [0.25, 0.3) is 65.4 Å². The van der Waals surface area contributed by atoms with Crippen molar-refractivity contribution in [2.24, 2.45) is 0 Å². The maximum Gasteiger partial charge on any atom is 0.137 e. The number of para-hydroxylation sites is 3. The quantitative estimate of drug-likeness (QED) is 0.215. The highest BCUT2D eigenvalue weighted by molar-refractivity contribution is 6.16. The second-order valence-corrected chi connectivity index (χ2v) is 10.6. The molecule has 0 amide bonds. The molecular weight excluding hydrogens is 502 g/mol. The van der Waals surface area contributed by atoms with Crippen LogP contribution < -0.4 is 4.90 Å². The molecule has 7 aromatic carbocycles. The lowest BCUT2D eigenvalue weighted by Crippen LogP contribution is -2.09. The predicted molar refractivity (Wildman–Crippen MR) is 171 cm³/mol. The summed E-state index contributed by atoms with van der Waals surface area (Å²) in [5.74, 6) is 0. The van der Waals surface area contributed by atoms with Crippen molar-refractivity contribution in [3.8, 4) is 0 Å². The lowest BCUT2D eigenvalue weighted by Gasteiger charge is -2.26. The molecule has 192 valence electrons. The number of hydrogen-bond donors (Lipinski definition) is 0. The van der Waals surface area contributed by atoms with Crippen molar-refractivity contribution in [3.63, 3.8) is 0 Å². The van der Waals surface area contributed by atoms with E-state index in [-0.39, 0.29) is 0 Å². The Morgan fingerprint density at radius 1 is 0.317 bits per heavy atom. The van der Waals surface area contributed by atoms with Crippen LogP contribution in [0.15, 0.2) is 148 Å². The minimum Gasteiger partial charge on any atom is -0.456 e. The summed E-state index contributed by atoms with van der Waals surface area (Å²) in [6.45, 7) is 0. The summed E-state index contributed by atoms with van der Waals surface area (Å²) < 4.78 is 12.5. The van der Waals surface area contributed by atoms with Gasteiger partial charge in [0.1, 0.15) is 22.3 Å². The molecule has 0 bridgehead atoms. The number of furan rings is 2. The van der Waals surface area contributed by atoms with Gasteiger partial charge in [-0.05, 0) is 82.2 Å². The highest BCUT2D eigenvalue weighted by Crippen LogP contribution is 2.41. The molecular formula is C38H23NO2. The van der Waals surface area contributed by atoms with E-state index in [1.54, 1.807) is 0 Å². The second kappa shape index (κ2) is 8.48. The first kappa shape index (κ1) is 22.3. The average molecular weight is 526 g/mol. The molecule has 3 nitrogen and oxygen atoms in total. The zero-order valence-corrected chi connectivity index (χ0v) is 22.0. The largest absolute Gasteiger partial charge is 0.456 e. The van der Waals surface area contributed by atoms with Gasteiger partial charge >= 0.3 is 0 Å². The van der Waals surface area contributed by atoms with Crippen molar-refractivity contribution in [3.05, 3.63) is 140 Å². The minimum absolute atomic E-state index is 0.881. The van der Waals surface area contributed by atoms with E-state index in [1.807, 2.05) is 24.3 Å². The molecule has 0 aliphatic rings. The van der Waals surface area contributed by atoms with E-state index in [0.717, 1.165) is 60.9 Å². The maximum absolute atomic E-state index is 6.25. The maximum atomic E-state index is 6.25. The number of anilines is 3. The molecule has 0 spiro atoms. The topological polar surface area (TPSA) is 29.5 Å². The van der Waals surface area contributed by atoms with Gasteiger partial charge in [0.15, 0.2) is 0 Å². The third kappa shape index (κ3) is 3.39. The molecule has 0 aliphatic carbocycles. The summed E-state index contributed by atoms with van der Waals surface area (Å²) in [6.07, 6.45) is 0. The summed E-state index contributed by atoms with van der Waals surface area (Å²) in [5, 5.41) is 9.34. The molecule has 0 N–H and O–H groups in total. The van der Waals surface area contributed by atoms with Crippen molar-refractivity contribution >= 4 is 82.5 Å². The molecule has 0 saturated heterocycles. The van der Waals surface area contributed by atoms with Crippen LogP contribution in [-0.2, 0) is 0 Å². The summed E-state index contributed by atoms with van der Waals surface area (Å²) in [5.41, 5.74) is 6.85. The van der Waals surface area contributed by atoms with Crippen molar-refractivity contribution in [1.82, 2.24) is 0 Å². The molecule has 0 fully saturated rings. The van der Waals surface area contributed by atoms with Crippen LogP contribution in [-0.4, -0.2) is 0 Å². The zero-order valence-electron chi connectivity index (χ0n) is 22.0. The first-order valence-corrected chi connectivity index (χ1v) is 13.8. The molecule has 2 aromatic heterocycles. The fraction of sp³-hybridized carbons (Fsp3) is 0. The van der Waals surface area contributed by atoms with Gasteiger partial charge < -0.3 is 13.7 Å². The van der Waals surface area contributed by atoms with Gasteiger partial charge in [0.2, 0.25) is 0 Å². The van der Waals surface area contributed by atoms with Crippen LogP contribution in [0.5, 0.6) is 0 Å². The Hall–Kier alpha value is -5.54. The molecule has 3 heteroatoms. The summed E-state index contributed by atoms with van der Waals surface area (Å²) >= 11 is 0. The van der Waals surface area contributed by atoms with Crippen LogP contribution in [0.2, 0.25) is 0 Å². The van der Waals surface area contributed by atoms with Gasteiger partial charge in [0.25, 0.3) is 0 Å². The summed E-state index contributed by atoms with van der Waals surface area (Å²) in [6, 6.07) is 49.0. The van der Waals surface area contributed by atoms with Gasteiger partial charge in [-0.15, -0.1) is 0 Å². The van der Waals surface area contributed by atoms with Crippen LogP contribution in [0.1, 0.15) is 0 Å². The van der Waals surface area contributed by atoms with Crippen molar-refractivity contribution < 1.29 is 8.83 Å². The van der Waals surface area contributed by atoms with E-state index in [2.05, 4.69) is 120 Å². The van der Waals surface area contributed by atoms with Crippen LogP contribution in [0.4, 0.5) is 17.1 Å². The molecule has 0 atom stereocenters. The van der Waals surface area contributed by atoms with Gasteiger partial charge in [0.05, 0.1) is 0 Å². The molecule has 9 rings (SSSR count). The number of nitrogens with zero attached hydrogens (tertiary/aromatic N) is 1. The van der Waals surface area contributed by atoms with E-state index < -0.39 is 0 Å². The van der Waals surface area contributed by atoms with Crippen LogP contribution >= 0.6 is 0 Å². The van der Waals surface area contributed by atoms with E-state index in [9.17, 15) is 0 Å². The highest BCUT2D eigenvalue weighted by atomic mass is 16.3. The monoisotopic (exact) mass is 525 g/mol. The second-order valence-electron chi connectivity index (χ2n) is 10.6. The van der Waals surface area contributed by atoms with Gasteiger partial charge in [-0.2, -0.15) is 0 Å². The summed E-state index contributed by atoms with van der Waals surface area (Å²) in [4.78, 5) is 2.29. The van der Waals surface area contributed by atoms with Crippen molar-refractivity contribution in [2.75, 3.05) is 4.90 Å². The third-order valence-corrected chi connectivity index (χ3v) is 8.21. The summed E-state index contributed by atoms with van der Waals surface area (Å²) in [7, 11) is 0. The van der Waals surface area contributed by atoms with E-state index >= 15 is 0 Å². The normalized spacial score (nSPS) is 11.9.